The third-order valence-corrected chi connectivity index (χ3v) is 7.56. The lowest BCUT2D eigenvalue weighted by atomic mass is 10.1. The van der Waals surface area contributed by atoms with Gasteiger partial charge in [0, 0.05) is 23.7 Å². The lowest BCUT2D eigenvalue weighted by Crippen LogP contribution is -2.40. The number of aromatic nitrogens is 1. The summed E-state index contributed by atoms with van der Waals surface area (Å²) in [7, 11) is -3.14. The van der Waals surface area contributed by atoms with Gasteiger partial charge in [-0.05, 0) is 35.6 Å². The Kier molecular flexibility index (Phi) is 5.27. The molecule has 1 atom stereocenters. The molecule has 1 saturated heterocycles. The number of amides is 1. The van der Waals surface area contributed by atoms with E-state index in [9.17, 15) is 13.2 Å². The van der Waals surface area contributed by atoms with E-state index in [2.05, 4.69) is 5.16 Å². The van der Waals surface area contributed by atoms with E-state index in [1.54, 1.807) is 23.1 Å². The largest absolute Gasteiger partial charge is 0.355 e. The first-order chi connectivity index (χ1) is 13.4. The first-order valence-corrected chi connectivity index (χ1v) is 11.8. The summed E-state index contributed by atoms with van der Waals surface area (Å²) in [5.74, 6) is 0.218. The Balaban J connectivity index is 1.62. The van der Waals surface area contributed by atoms with Gasteiger partial charge in [0.1, 0.15) is 0 Å². The van der Waals surface area contributed by atoms with Crippen molar-refractivity contribution in [1.82, 2.24) is 10.1 Å². The monoisotopic (exact) mass is 436 g/mol. The molecule has 1 aliphatic heterocycles. The molecule has 3 aromatic rings. The minimum absolute atomic E-state index is 0.0397. The molecule has 28 heavy (non-hydrogen) atoms. The standard InChI is InChI=1S/C19H17ClN2O4S2/c20-14-5-3-13(4-6-14)11-22(15-7-9-28(24,25)12-15)19(23)16-10-17(26-21-16)18-2-1-8-27-18/h1-6,8,10,15H,7,9,11-12H2. The average Bonchev–Trinajstić information content (AvgIpc) is 3.41. The number of carbonyl (C=O) groups is 1. The predicted molar refractivity (Wildman–Crippen MR) is 108 cm³/mol. The second kappa shape index (κ2) is 7.69. The number of hydrogen-bond acceptors (Lipinski definition) is 6. The minimum Gasteiger partial charge on any atom is -0.355 e. The Morgan fingerprint density at radius 1 is 1.29 bits per heavy atom. The Morgan fingerprint density at radius 2 is 2.07 bits per heavy atom. The summed E-state index contributed by atoms with van der Waals surface area (Å²) in [5, 5.41) is 6.44. The van der Waals surface area contributed by atoms with Gasteiger partial charge in [-0.15, -0.1) is 11.3 Å². The van der Waals surface area contributed by atoms with Crippen LogP contribution >= 0.6 is 22.9 Å². The fourth-order valence-electron chi connectivity index (χ4n) is 3.23. The quantitative estimate of drug-likeness (QED) is 0.606. The van der Waals surface area contributed by atoms with Gasteiger partial charge in [-0.1, -0.05) is 35.0 Å². The fraction of sp³-hybridized carbons (Fsp3) is 0.263. The zero-order valence-electron chi connectivity index (χ0n) is 14.7. The second-order valence-electron chi connectivity index (χ2n) is 6.67. The number of nitrogens with zero attached hydrogens (tertiary/aromatic N) is 2. The van der Waals surface area contributed by atoms with Crippen molar-refractivity contribution in [3.8, 4) is 10.6 Å². The SMILES string of the molecule is O=C(c1cc(-c2cccs2)on1)N(Cc1ccc(Cl)cc1)C1CCS(=O)(=O)C1. The van der Waals surface area contributed by atoms with Crippen LogP contribution in [0.2, 0.25) is 5.02 Å². The molecule has 0 bridgehead atoms. The van der Waals surface area contributed by atoms with Crippen LogP contribution in [0.1, 0.15) is 22.5 Å². The van der Waals surface area contributed by atoms with Crippen molar-refractivity contribution in [2.75, 3.05) is 11.5 Å². The molecule has 0 N–H and O–H groups in total. The molecule has 2 aromatic heterocycles. The Bertz CT molecular complexity index is 1080. The molecule has 0 radical (unpaired) electrons. The van der Waals surface area contributed by atoms with Crippen LogP contribution in [0.15, 0.2) is 52.4 Å². The molecule has 146 valence electrons. The molecule has 1 unspecified atom stereocenters. The van der Waals surface area contributed by atoms with Crippen LogP contribution in [0.25, 0.3) is 10.6 Å². The van der Waals surface area contributed by atoms with Crippen molar-refractivity contribution in [3.63, 3.8) is 0 Å². The van der Waals surface area contributed by atoms with Crippen molar-refractivity contribution < 1.29 is 17.7 Å². The van der Waals surface area contributed by atoms with Crippen LogP contribution in [0, 0.1) is 0 Å². The van der Waals surface area contributed by atoms with Crippen LogP contribution in [0.3, 0.4) is 0 Å². The predicted octanol–water partition coefficient (Wildman–Crippen LogP) is 3.89. The molecule has 4 rings (SSSR count). The Labute approximate surface area is 171 Å². The van der Waals surface area contributed by atoms with Gasteiger partial charge in [0.25, 0.3) is 5.91 Å². The highest BCUT2D eigenvalue weighted by Crippen LogP contribution is 2.27. The lowest BCUT2D eigenvalue weighted by Gasteiger charge is -2.27. The highest BCUT2D eigenvalue weighted by atomic mass is 35.5. The highest BCUT2D eigenvalue weighted by molar-refractivity contribution is 7.91. The summed E-state index contributed by atoms with van der Waals surface area (Å²) in [5.41, 5.74) is 1.03. The van der Waals surface area contributed by atoms with E-state index in [0.29, 0.717) is 17.2 Å². The molecule has 0 spiro atoms. The molecule has 3 heterocycles. The normalized spacial score (nSPS) is 18.2. The Morgan fingerprint density at radius 3 is 2.71 bits per heavy atom. The maximum atomic E-state index is 13.2. The van der Waals surface area contributed by atoms with Gasteiger partial charge in [-0.2, -0.15) is 0 Å². The summed E-state index contributed by atoms with van der Waals surface area (Å²) in [6.45, 7) is 0.275. The number of carbonyl (C=O) groups excluding carboxylic acids is 1. The summed E-state index contributed by atoms with van der Waals surface area (Å²) in [4.78, 5) is 15.6. The average molecular weight is 437 g/mol. The van der Waals surface area contributed by atoms with E-state index in [-0.39, 0.29) is 29.7 Å². The van der Waals surface area contributed by atoms with Crippen LogP contribution in [0.4, 0.5) is 0 Å². The molecular formula is C19H17ClN2O4S2. The van der Waals surface area contributed by atoms with Crippen molar-refractivity contribution >= 4 is 38.7 Å². The summed E-state index contributed by atoms with van der Waals surface area (Å²) in [6.07, 6.45) is 0.414. The number of thiophene rings is 1. The fourth-order valence-corrected chi connectivity index (χ4v) is 5.76. The number of hydrogen-bond donors (Lipinski definition) is 0. The first kappa shape index (κ1) is 19.2. The van der Waals surface area contributed by atoms with E-state index >= 15 is 0 Å². The molecule has 0 aliphatic carbocycles. The van der Waals surface area contributed by atoms with Gasteiger partial charge in [0.05, 0.1) is 16.4 Å². The Hall–Kier alpha value is -2.16. The molecule has 6 nitrogen and oxygen atoms in total. The summed E-state index contributed by atoms with van der Waals surface area (Å²) >= 11 is 7.43. The van der Waals surface area contributed by atoms with Gasteiger partial charge in [-0.25, -0.2) is 8.42 Å². The lowest BCUT2D eigenvalue weighted by molar-refractivity contribution is 0.0670. The molecular weight excluding hydrogens is 420 g/mol. The molecule has 0 saturated carbocycles. The first-order valence-electron chi connectivity index (χ1n) is 8.68. The summed E-state index contributed by atoms with van der Waals surface area (Å²) in [6, 6.07) is 12.1. The number of rotatable bonds is 5. The van der Waals surface area contributed by atoms with Crippen molar-refractivity contribution in [1.29, 1.82) is 0 Å². The van der Waals surface area contributed by atoms with Gasteiger partial charge in [-0.3, -0.25) is 4.79 Å². The van der Waals surface area contributed by atoms with E-state index in [4.69, 9.17) is 16.1 Å². The zero-order valence-corrected chi connectivity index (χ0v) is 17.1. The zero-order chi connectivity index (χ0) is 19.7. The van der Waals surface area contributed by atoms with Gasteiger partial charge in [0.15, 0.2) is 21.3 Å². The molecule has 9 heteroatoms. The van der Waals surface area contributed by atoms with E-state index in [1.807, 2.05) is 29.6 Å². The molecule has 1 aliphatic rings. The van der Waals surface area contributed by atoms with E-state index < -0.39 is 15.9 Å². The van der Waals surface area contributed by atoms with Crippen molar-refractivity contribution in [3.05, 3.63) is 64.1 Å². The minimum atomic E-state index is -3.14. The molecule has 1 fully saturated rings. The highest BCUT2D eigenvalue weighted by Gasteiger charge is 2.36. The number of sulfone groups is 1. The van der Waals surface area contributed by atoms with Gasteiger partial charge in [0.2, 0.25) is 0 Å². The van der Waals surface area contributed by atoms with Gasteiger partial charge < -0.3 is 9.42 Å². The maximum Gasteiger partial charge on any atom is 0.276 e. The third-order valence-electron chi connectivity index (χ3n) is 4.67. The van der Waals surface area contributed by atoms with Crippen molar-refractivity contribution in [2.24, 2.45) is 0 Å². The smallest absolute Gasteiger partial charge is 0.276 e. The van der Waals surface area contributed by atoms with Crippen molar-refractivity contribution in [2.45, 2.75) is 19.0 Å². The van der Waals surface area contributed by atoms with E-state index in [1.165, 1.54) is 11.3 Å². The number of halogens is 1. The number of benzene rings is 1. The van der Waals surface area contributed by atoms with Crippen LogP contribution < -0.4 is 0 Å². The molecule has 1 aromatic carbocycles. The summed E-state index contributed by atoms with van der Waals surface area (Å²) < 4.78 is 29.3. The van der Waals surface area contributed by atoms with Crippen LogP contribution in [0.5, 0.6) is 0 Å². The second-order valence-corrected chi connectivity index (χ2v) is 10.3. The topological polar surface area (TPSA) is 80.5 Å². The third kappa shape index (κ3) is 4.14. The van der Waals surface area contributed by atoms with Crippen LogP contribution in [-0.2, 0) is 16.4 Å². The van der Waals surface area contributed by atoms with Gasteiger partial charge >= 0.3 is 0 Å². The molecule has 1 amide bonds. The van der Waals surface area contributed by atoms with Crippen LogP contribution in [-0.4, -0.2) is 41.9 Å². The maximum absolute atomic E-state index is 13.2. The van der Waals surface area contributed by atoms with E-state index in [0.717, 1.165) is 10.4 Å².